The van der Waals surface area contributed by atoms with Gasteiger partial charge in [-0.3, -0.25) is 14.6 Å². The van der Waals surface area contributed by atoms with Gasteiger partial charge in [0.2, 0.25) is 5.91 Å². The van der Waals surface area contributed by atoms with Gasteiger partial charge in [0.25, 0.3) is 0 Å². The highest BCUT2D eigenvalue weighted by molar-refractivity contribution is 5.81. The monoisotopic (exact) mass is 406 g/mol. The maximum absolute atomic E-state index is 12.6. The number of likely N-dealkylation sites (tertiary alicyclic amines) is 1. The molecule has 0 aromatic rings. The fourth-order valence-corrected chi connectivity index (χ4v) is 4.69. The van der Waals surface area contributed by atoms with E-state index in [1.54, 1.807) is 0 Å². The fraction of sp³-hybridized carbons (Fsp3) is 0.864. The Morgan fingerprint density at radius 3 is 2.52 bits per heavy atom. The summed E-state index contributed by atoms with van der Waals surface area (Å²) >= 11 is 0. The summed E-state index contributed by atoms with van der Waals surface area (Å²) in [5, 5.41) is 6.74. The van der Waals surface area contributed by atoms with Crippen LogP contribution in [0.4, 0.5) is 0 Å². The van der Waals surface area contributed by atoms with Crippen LogP contribution in [0.1, 0.15) is 77.6 Å². The van der Waals surface area contributed by atoms with E-state index in [1.165, 1.54) is 25.7 Å². The zero-order valence-corrected chi connectivity index (χ0v) is 18.0. The molecule has 1 saturated heterocycles. The van der Waals surface area contributed by atoms with E-state index < -0.39 is 0 Å². The Hall–Kier alpha value is -1.79. The summed E-state index contributed by atoms with van der Waals surface area (Å²) in [5.74, 6) is 1.27. The third-order valence-corrected chi connectivity index (χ3v) is 6.30. The molecular formula is C22H38N4O3. The molecule has 3 rings (SSSR count). The van der Waals surface area contributed by atoms with Gasteiger partial charge in [0.15, 0.2) is 5.96 Å². The largest absolute Gasteiger partial charge is 0.462 e. The molecular weight excluding hydrogens is 368 g/mol. The molecule has 2 saturated carbocycles. The molecule has 7 nitrogen and oxygen atoms in total. The van der Waals surface area contributed by atoms with Crippen LogP contribution in [-0.4, -0.2) is 61.1 Å². The molecule has 2 aliphatic carbocycles. The van der Waals surface area contributed by atoms with Gasteiger partial charge in [0, 0.05) is 44.6 Å². The normalized spacial score (nSPS) is 23.6. The fourth-order valence-electron chi connectivity index (χ4n) is 4.69. The number of nitrogens with zero attached hydrogens (tertiary/aromatic N) is 2. The highest BCUT2D eigenvalue weighted by Crippen LogP contribution is 2.27. The Bertz CT molecular complexity index is 568. The van der Waals surface area contributed by atoms with E-state index in [0.717, 1.165) is 57.7 Å². The standard InChI is InChI=1S/C22H38N4O3/c1-2-23-22(24-14-7-12-20(27)29-19-10-5-6-11-19)25-18-13-15-26(16-18)21(28)17-8-3-4-9-17/h17-19H,2-16H2,1H3,(H2,23,24,25). The van der Waals surface area contributed by atoms with Crippen molar-refractivity contribution in [3.05, 3.63) is 0 Å². The molecule has 0 bridgehead atoms. The lowest BCUT2D eigenvalue weighted by atomic mass is 10.1. The first kappa shape index (κ1) is 21.9. The summed E-state index contributed by atoms with van der Waals surface area (Å²) in [4.78, 5) is 31.2. The zero-order chi connectivity index (χ0) is 20.5. The molecule has 3 aliphatic rings. The number of esters is 1. The van der Waals surface area contributed by atoms with E-state index in [1.807, 2.05) is 11.8 Å². The molecule has 1 aliphatic heterocycles. The molecule has 164 valence electrons. The molecule has 1 amide bonds. The van der Waals surface area contributed by atoms with Gasteiger partial charge in [-0.2, -0.15) is 0 Å². The summed E-state index contributed by atoms with van der Waals surface area (Å²) < 4.78 is 5.49. The first-order valence-electron chi connectivity index (χ1n) is 11.7. The molecule has 2 N–H and O–H groups in total. The number of guanidine groups is 1. The van der Waals surface area contributed by atoms with Crippen molar-refractivity contribution in [2.24, 2.45) is 10.9 Å². The highest BCUT2D eigenvalue weighted by Gasteiger charge is 2.32. The first-order chi connectivity index (χ1) is 14.2. The molecule has 29 heavy (non-hydrogen) atoms. The van der Waals surface area contributed by atoms with Crippen LogP contribution in [0.3, 0.4) is 0 Å². The maximum atomic E-state index is 12.6. The number of nitrogens with one attached hydrogen (secondary N) is 2. The number of amides is 1. The van der Waals surface area contributed by atoms with E-state index in [-0.39, 0.29) is 24.0 Å². The molecule has 0 aromatic heterocycles. The van der Waals surface area contributed by atoms with Crippen molar-refractivity contribution in [2.75, 3.05) is 26.2 Å². The van der Waals surface area contributed by atoms with Crippen molar-refractivity contribution >= 4 is 17.8 Å². The van der Waals surface area contributed by atoms with Crippen molar-refractivity contribution in [3.8, 4) is 0 Å². The summed E-state index contributed by atoms with van der Waals surface area (Å²) in [6, 6.07) is 0.241. The number of carbonyl (C=O) groups is 2. The smallest absolute Gasteiger partial charge is 0.306 e. The minimum absolute atomic E-state index is 0.0954. The average molecular weight is 407 g/mol. The Labute approximate surface area is 175 Å². The molecule has 3 fully saturated rings. The molecule has 1 atom stereocenters. The van der Waals surface area contributed by atoms with Crippen LogP contribution in [0.25, 0.3) is 0 Å². The summed E-state index contributed by atoms with van der Waals surface area (Å²) in [6.07, 6.45) is 11.1. The molecule has 0 spiro atoms. The van der Waals surface area contributed by atoms with Crippen molar-refractivity contribution in [2.45, 2.75) is 89.7 Å². The third-order valence-electron chi connectivity index (χ3n) is 6.30. The number of hydrogen-bond donors (Lipinski definition) is 2. The van der Waals surface area contributed by atoms with Gasteiger partial charge in [0.05, 0.1) is 0 Å². The van der Waals surface area contributed by atoms with Crippen LogP contribution in [0.15, 0.2) is 4.99 Å². The van der Waals surface area contributed by atoms with Gasteiger partial charge in [-0.05, 0) is 58.3 Å². The number of ether oxygens (including phenoxy) is 1. The van der Waals surface area contributed by atoms with Gasteiger partial charge >= 0.3 is 5.97 Å². The van der Waals surface area contributed by atoms with Crippen molar-refractivity contribution in [3.63, 3.8) is 0 Å². The average Bonchev–Trinajstić information content (AvgIpc) is 3.47. The Morgan fingerprint density at radius 2 is 1.79 bits per heavy atom. The lowest BCUT2D eigenvalue weighted by Gasteiger charge is -2.21. The van der Waals surface area contributed by atoms with Crippen LogP contribution < -0.4 is 10.6 Å². The van der Waals surface area contributed by atoms with Crippen LogP contribution in [0.5, 0.6) is 0 Å². The van der Waals surface area contributed by atoms with E-state index in [0.29, 0.717) is 25.3 Å². The molecule has 1 heterocycles. The van der Waals surface area contributed by atoms with Crippen LogP contribution in [0, 0.1) is 5.92 Å². The minimum atomic E-state index is -0.0954. The number of carbonyl (C=O) groups excluding carboxylic acids is 2. The second kappa shape index (κ2) is 11.4. The summed E-state index contributed by atoms with van der Waals surface area (Å²) in [6.45, 7) is 5.01. The van der Waals surface area contributed by atoms with E-state index in [9.17, 15) is 9.59 Å². The van der Waals surface area contributed by atoms with Crippen molar-refractivity contribution in [1.29, 1.82) is 0 Å². The van der Waals surface area contributed by atoms with Gasteiger partial charge in [0.1, 0.15) is 6.10 Å². The predicted molar refractivity (Wildman–Crippen MR) is 114 cm³/mol. The third kappa shape index (κ3) is 6.89. The minimum Gasteiger partial charge on any atom is -0.462 e. The van der Waals surface area contributed by atoms with Gasteiger partial charge < -0.3 is 20.3 Å². The van der Waals surface area contributed by atoms with Gasteiger partial charge in [-0.1, -0.05) is 12.8 Å². The number of aliphatic imine (C=N–C) groups is 1. The van der Waals surface area contributed by atoms with Crippen LogP contribution in [-0.2, 0) is 14.3 Å². The topological polar surface area (TPSA) is 83.0 Å². The SMILES string of the molecule is CCNC(=NCCCC(=O)OC1CCCC1)NC1CCN(C(=O)C2CCCC2)C1. The molecule has 0 aromatic carbocycles. The van der Waals surface area contributed by atoms with Crippen LogP contribution >= 0.6 is 0 Å². The van der Waals surface area contributed by atoms with E-state index >= 15 is 0 Å². The second-order valence-corrected chi connectivity index (χ2v) is 8.66. The predicted octanol–water partition coefficient (Wildman–Crippen LogP) is 2.60. The van der Waals surface area contributed by atoms with Crippen molar-refractivity contribution < 1.29 is 14.3 Å². The molecule has 7 heteroatoms. The van der Waals surface area contributed by atoms with Gasteiger partial charge in [-0.15, -0.1) is 0 Å². The second-order valence-electron chi connectivity index (χ2n) is 8.66. The summed E-state index contributed by atoms with van der Waals surface area (Å²) in [5.41, 5.74) is 0. The summed E-state index contributed by atoms with van der Waals surface area (Å²) in [7, 11) is 0. The highest BCUT2D eigenvalue weighted by atomic mass is 16.5. The zero-order valence-electron chi connectivity index (χ0n) is 18.0. The quantitative estimate of drug-likeness (QED) is 0.280. The maximum Gasteiger partial charge on any atom is 0.306 e. The first-order valence-corrected chi connectivity index (χ1v) is 11.7. The van der Waals surface area contributed by atoms with Gasteiger partial charge in [-0.25, -0.2) is 0 Å². The number of hydrogen-bond acceptors (Lipinski definition) is 4. The Balaban J connectivity index is 1.37. The van der Waals surface area contributed by atoms with E-state index in [2.05, 4.69) is 15.6 Å². The van der Waals surface area contributed by atoms with Crippen LogP contribution in [0.2, 0.25) is 0 Å². The lowest BCUT2D eigenvalue weighted by molar-refractivity contribution is -0.148. The molecule has 1 unspecified atom stereocenters. The lowest BCUT2D eigenvalue weighted by Crippen LogP contribution is -2.45. The Morgan fingerprint density at radius 1 is 1.07 bits per heavy atom. The van der Waals surface area contributed by atoms with Crippen molar-refractivity contribution in [1.82, 2.24) is 15.5 Å². The molecule has 0 radical (unpaired) electrons. The number of rotatable bonds is 8. The van der Waals surface area contributed by atoms with E-state index in [4.69, 9.17) is 4.74 Å². The Kier molecular flexibility index (Phi) is 8.62.